The lowest BCUT2D eigenvalue weighted by molar-refractivity contribution is 0.0608. The molecule has 2 saturated heterocycles. The third-order valence-corrected chi connectivity index (χ3v) is 5.49. The summed E-state index contributed by atoms with van der Waals surface area (Å²) in [5.74, 6) is 0. The highest BCUT2D eigenvalue weighted by atomic mass is 79.9. The van der Waals surface area contributed by atoms with Crippen molar-refractivity contribution in [3.8, 4) is 6.07 Å². The minimum absolute atomic E-state index is 0.489. The van der Waals surface area contributed by atoms with E-state index in [4.69, 9.17) is 0 Å². The maximum Gasteiger partial charge on any atom is 0.103 e. The highest BCUT2D eigenvalue weighted by Crippen LogP contribution is 2.34. The highest BCUT2D eigenvalue weighted by molar-refractivity contribution is 9.10. The molecule has 20 heavy (non-hydrogen) atoms. The van der Waals surface area contributed by atoms with Gasteiger partial charge in [-0.2, -0.15) is 5.26 Å². The number of nitrogens with zero attached hydrogens (tertiary/aromatic N) is 2. The van der Waals surface area contributed by atoms with Gasteiger partial charge in [0.15, 0.2) is 0 Å². The van der Waals surface area contributed by atoms with E-state index in [2.05, 4.69) is 39.3 Å². The zero-order valence-electron chi connectivity index (χ0n) is 11.8. The first-order valence-electron chi connectivity index (χ1n) is 7.36. The van der Waals surface area contributed by atoms with Gasteiger partial charge in [0.25, 0.3) is 0 Å². The van der Waals surface area contributed by atoms with Gasteiger partial charge in [-0.25, -0.2) is 0 Å². The van der Waals surface area contributed by atoms with Crippen molar-refractivity contribution in [1.82, 2.24) is 4.90 Å². The fourth-order valence-corrected chi connectivity index (χ4v) is 4.17. The van der Waals surface area contributed by atoms with Crippen LogP contribution in [0.4, 0.5) is 5.69 Å². The lowest BCUT2D eigenvalue weighted by Gasteiger charge is -2.47. The van der Waals surface area contributed by atoms with E-state index in [1.807, 2.05) is 18.2 Å². The monoisotopic (exact) mass is 333 g/mol. The normalized spacial score (nSPS) is 29.8. The predicted molar refractivity (Wildman–Crippen MR) is 84.7 cm³/mol. The number of rotatable bonds is 2. The van der Waals surface area contributed by atoms with Gasteiger partial charge in [0.2, 0.25) is 0 Å². The molecule has 2 heterocycles. The Labute approximate surface area is 129 Å². The summed E-state index contributed by atoms with van der Waals surface area (Å²) in [6, 6.07) is 10.1. The molecule has 4 heteroatoms. The van der Waals surface area contributed by atoms with Crippen LogP contribution in [-0.4, -0.2) is 30.1 Å². The van der Waals surface area contributed by atoms with Crippen LogP contribution in [0.25, 0.3) is 0 Å². The van der Waals surface area contributed by atoms with Gasteiger partial charge in [-0.1, -0.05) is 12.5 Å². The Morgan fingerprint density at radius 3 is 2.65 bits per heavy atom. The average molecular weight is 334 g/mol. The predicted octanol–water partition coefficient (Wildman–Crippen LogP) is 3.75. The maximum absolute atomic E-state index is 9.30. The number of piperidine rings is 2. The Bertz CT molecular complexity index is 523. The molecule has 2 aliphatic rings. The molecule has 0 spiro atoms. The first-order chi connectivity index (χ1) is 9.69. The number of nitrogens with one attached hydrogen (secondary N) is 1. The summed E-state index contributed by atoms with van der Waals surface area (Å²) in [5, 5.41) is 12.9. The van der Waals surface area contributed by atoms with Gasteiger partial charge < -0.3 is 10.2 Å². The number of nitriles is 1. The van der Waals surface area contributed by atoms with Crippen LogP contribution in [0.15, 0.2) is 22.7 Å². The fraction of sp³-hybridized carbons (Fsp3) is 0.562. The van der Waals surface area contributed by atoms with E-state index in [-0.39, 0.29) is 0 Å². The molecule has 1 N–H and O–H groups in total. The van der Waals surface area contributed by atoms with E-state index in [0.29, 0.717) is 18.1 Å². The number of benzene rings is 1. The SMILES string of the molecule is CN1C2CCCC1CC(Nc1cccc(Br)c1C#N)C2. The van der Waals surface area contributed by atoms with Crippen LogP contribution in [0.1, 0.15) is 37.7 Å². The molecule has 2 atom stereocenters. The summed E-state index contributed by atoms with van der Waals surface area (Å²) in [4.78, 5) is 2.56. The second kappa shape index (κ2) is 5.75. The molecule has 2 bridgehead atoms. The summed E-state index contributed by atoms with van der Waals surface area (Å²) >= 11 is 3.46. The van der Waals surface area contributed by atoms with Gasteiger partial charge in [-0.15, -0.1) is 0 Å². The van der Waals surface area contributed by atoms with Crippen LogP contribution in [-0.2, 0) is 0 Å². The van der Waals surface area contributed by atoms with Crippen LogP contribution in [0.2, 0.25) is 0 Å². The van der Waals surface area contributed by atoms with Crippen LogP contribution in [0, 0.1) is 11.3 Å². The first-order valence-corrected chi connectivity index (χ1v) is 8.15. The molecular formula is C16H20BrN3. The highest BCUT2D eigenvalue weighted by Gasteiger charge is 2.36. The van der Waals surface area contributed by atoms with E-state index in [1.54, 1.807) is 0 Å². The van der Waals surface area contributed by atoms with Crippen molar-refractivity contribution in [2.75, 3.05) is 12.4 Å². The number of halogens is 1. The van der Waals surface area contributed by atoms with Gasteiger partial charge in [0, 0.05) is 22.6 Å². The summed E-state index contributed by atoms with van der Waals surface area (Å²) in [6.45, 7) is 0. The molecule has 106 valence electrons. The Hall–Kier alpha value is -1.05. The number of fused-ring (bicyclic) bond motifs is 2. The first kappa shape index (κ1) is 13.9. The third kappa shape index (κ3) is 2.57. The van der Waals surface area contributed by atoms with Crippen molar-refractivity contribution in [2.24, 2.45) is 0 Å². The van der Waals surface area contributed by atoms with Crippen molar-refractivity contribution in [1.29, 1.82) is 5.26 Å². The molecule has 3 nitrogen and oxygen atoms in total. The molecule has 1 aromatic rings. The lowest BCUT2D eigenvalue weighted by atomic mass is 9.82. The minimum atomic E-state index is 0.489. The Morgan fingerprint density at radius 2 is 2.00 bits per heavy atom. The topological polar surface area (TPSA) is 39.1 Å². The van der Waals surface area contributed by atoms with Crippen molar-refractivity contribution < 1.29 is 0 Å². The van der Waals surface area contributed by atoms with Crippen LogP contribution in [0.3, 0.4) is 0 Å². The number of hydrogen-bond donors (Lipinski definition) is 1. The summed E-state index contributed by atoms with van der Waals surface area (Å²) in [6.07, 6.45) is 6.37. The van der Waals surface area contributed by atoms with Gasteiger partial charge in [0.05, 0.1) is 11.3 Å². The average Bonchev–Trinajstić information content (AvgIpc) is 2.40. The molecule has 0 saturated carbocycles. The molecule has 0 aromatic heterocycles. The largest absolute Gasteiger partial charge is 0.381 e. The molecule has 0 radical (unpaired) electrons. The Kier molecular flexibility index (Phi) is 4.00. The quantitative estimate of drug-likeness (QED) is 0.895. The molecule has 1 aromatic carbocycles. The molecular weight excluding hydrogens is 314 g/mol. The smallest absolute Gasteiger partial charge is 0.103 e. The third-order valence-electron chi connectivity index (χ3n) is 4.82. The van der Waals surface area contributed by atoms with Crippen molar-refractivity contribution in [3.63, 3.8) is 0 Å². The second-order valence-corrected chi connectivity index (χ2v) is 6.85. The van der Waals surface area contributed by atoms with E-state index >= 15 is 0 Å². The summed E-state index contributed by atoms with van der Waals surface area (Å²) in [7, 11) is 2.27. The Balaban J connectivity index is 1.76. The lowest BCUT2D eigenvalue weighted by Crippen LogP contribution is -2.52. The molecule has 0 amide bonds. The van der Waals surface area contributed by atoms with Crippen LogP contribution < -0.4 is 5.32 Å². The standard InChI is InChI=1S/C16H20BrN3/c1-20-12-4-2-5-13(20)9-11(8-12)19-16-7-3-6-15(17)14(16)10-18/h3,6-7,11-13,19H,2,4-5,8-9H2,1H3. The molecule has 3 rings (SSSR count). The van der Waals surface area contributed by atoms with Crippen molar-refractivity contribution in [3.05, 3.63) is 28.2 Å². The molecule has 0 aliphatic carbocycles. The van der Waals surface area contributed by atoms with Gasteiger partial charge in [-0.05, 0) is 60.8 Å². The van der Waals surface area contributed by atoms with E-state index in [9.17, 15) is 5.26 Å². The molecule has 2 unspecified atom stereocenters. The number of anilines is 1. The maximum atomic E-state index is 9.30. The van der Waals surface area contributed by atoms with E-state index in [0.717, 1.165) is 15.7 Å². The summed E-state index contributed by atoms with van der Waals surface area (Å²) in [5.41, 5.74) is 1.69. The second-order valence-electron chi connectivity index (χ2n) is 5.99. The minimum Gasteiger partial charge on any atom is -0.381 e. The van der Waals surface area contributed by atoms with Gasteiger partial charge >= 0.3 is 0 Å². The zero-order valence-corrected chi connectivity index (χ0v) is 13.4. The number of hydrogen-bond acceptors (Lipinski definition) is 3. The zero-order chi connectivity index (χ0) is 14.1. The Morgan fingerprint density at radius 1 is 1.30 bits per heavy atom. The van der Waals surface area contributed by atoms with Crippen molar-refractivity contribution in [2.45, 2.75) is 50.2 Å². The molecule has 2 fully saturated rings. The van der Waals surface area contributed by atoms with Crippen LogP contribution >= 0.6 is 15.9 Å². The van der Waals surface area contributed by atoms with Crippen molar-refractivity contribution >= 4 is 21.6 Å². The van der Waals surface area contributed by atoms with Gasteiger partial charge in [0.1, 0.15) is 6.07 Å². The van der Waals surface area contributed by atoms with Crippen LogP contribution in [0.5, 0.6) is 0 Å². The fourth-order valence-electron chi connectivity index (χ4n) is 3.71. The van der Waals surface area contributed by atoms with E-state index in [1.165, 1.54) is 32.1 Å². The summed E-state index contributed by atoms with van der Waals surface area (Å²) < 4.78 is 0.873. The molecule has 2 aliphatic heterocycles. The van der Waals surface area contributed by atoms with E-state index < -0.39 is 0 Å². The van der Waals surface area contributed by atoms with Gasteiger partial charge in [-0.3, -0.25) is 0 Å².